The molecule has 1 unspecified atom stereocenters. The second kappa shape index (κ2) is 7.53. The topological polar surface area (TPSA) is 59.2 Å². The summed E-state index contributed by atoms with van der Waals surface area (Å²) in [5.74, 6) is -0.772. The van der Waals surface area contributed by atoms with Crippen LogP contribution in [-0.4, -0.2) is 16.7 Å². The van der Waals surface area contributed by atoms with Gasteiger partial charge in [-0.3, -0.25) is 4.79 Å². The molecule has 1 N–H and O–H groups in total. The highest BCUT2D eigenvalue weighted by atomic mass is 16.5. The van der Waals surface area contributed by atoms with E-state index < -0.39 is 12.1 Å². The van der Waals surface area contributed by atoms with E-state index in [1.165, 1.54) is 0 Å². The molecule has 0 aliphatic carbocycles. The van der Waals surface area contributed by atoms with Crippen LogP contribution in [0.4, 0.5) is 0 Å². The Morgan fingerprint density at radius 3 is 2.29 bits per heavy atom. The smallest absolute Gasteiger partial charge is 0.339 e. The number of esters is 1. The van der Waals surface area contributed by atoms with Crippen LogP contribution in [-0.2, 0) is 4.74 Å². The van der Waals surface area contributed by atoms with Gasteiger partial charge in [0, 0.05) is 28.2 Å². The van der Waals surface area contributed by atoms with Crippen molar-refractivity contribution in [1.29, 1.82) is 0 Å². The van der Waals surface area contributed by atoms with Crippen molar-refractivity contribution in [2.75, 3.05) is 0 Å². The maximum atomic E-state index is 13.4. The Hall–Kier alpha value is -3.66. The fourth-order valence-corrected chi connectivity index (χ4v) is 3.29. The van der Waals surface area contributed by atoms with Crippen LogP contribution < -0.4 is 0 Å². The number of carbonyl (C=O) groups is 2. The van der Waals surface area contributed by atoms with Crippen LogP contribution in [0, 0.1) is 6.92 Å². The van der Waals surface area contributed by atoms with Gasteiger partial charge in [-0.05, 0) is 24.6 Å². The lowest BCUT2D eigenvalue weighted by atomic mass is 9.99. The predicted molar refractivity (Wildman–Crippen MR) is 108 cm³/mol. The number of benzene rings is 3. The van der Waals surface area contributed by atoms with E-state index >= 15 is 0 Å². The molecule has 0 fully saturated rings. The largest absolute Gasteiger partial charge is 0.445 e. The molecule has 0 aliphatic heterocycles. The predicted octanol–water partition coefficient (Wildman–Crippen LogP) is 5.26. The molecule has 0 saturated heterocycles. The minimum absolute atomic E-state index is 0.259. The summed E-state index contributed by atoms with van der Waals surface area (Å²) in [6.45, 7) is 1.84. The van der Waals surface area contributed by atoms with Crippen molar-refractivity contribution in [3.8, 4) is 0 Å². The van der Waals surface area contributed by atoms with Crippen molar-refractivity contribution in [3.63, 3.8) is 0 Å². The van der Waals surface area contributed by atoms with Crippen LogP contribution in [0.1, 0.15) is 37.9 Å². The molecule has 1 atom stereocenters. The lowest BCUT2D eigenvalue weighted by Crippen LogP contribution is -2.20. The Morgan fingerprint density at radius 1 is 0.821 bits per heavy atom. The normalized spacial score (nSPS) is 11.9. The number of ketones is 1. The van der Waals surface area contributed by atoms with E-state index in [-0.39, 0.29) is 5.78 Å². The third kappa shape index (κ3) is 3.32. The average molecular weight is 369 g/mol. The van der Waals surface area contributed by atoms with Crippen LogP contribution in [0.5, 0.6) is 0 Å². The zero-order valence-corrected chi connectivity index (χ0v) is 15.4. The number of aryl methyl sites for hydroxylation is 1. The van der Waals surface area contributed by atoms with Gasteiger partial charge >= 0.3 is 5.97 Å². The van der Waals surface area contributed by atoms with Gasteiger partial charge in [-0.2, -0.15) is 0 Å². The molecule has 4 rings (SSSR count). The number of aromatic nitrogens is 1. The van der Waals surface area contributed by atoms with Crippen LogP contribution in [0.2, 0.25) is 0 Å². The maximum absolute atomic E-state index is 13.4. The standard InChI is InChI=1S/C24H19NO3/c1-16-9-5-6-12-18(16)24(27)28-23(17-10-3-2-4-11-17)22(26)20-15-25-21-14-8-7-13-19(20)21/h2-15,23,25H,1H3. The molecule has 0 spiro atoms. The third-order valence-electron chi connectivity index (χ3n) is 4.79. The molecule has 4 nitrogen and oxygen atoms in total. The molecule has 4 heteroatoms. The van der Waals surface area contributed by atoms with Crippen molar-refractivity contribution in [2.45, 2.75) is 13.0 Å². The van der Waals surface area contributed by atoms with Crippen molar-refractivity contribution < 1.29 is 14.3 Å². The van der Waals surface area contributed by atoms with Gasteiger partial charge in [0.1, 0.15) is 0 Å². The summed E-state index contributed by atoms with van der Waals surface area (Å²) >= 11 is 0. The Balaban J connectivity index is 1.73. The SMILES string of the molecule is Cc1ccccc1C(=O)OC(C(=O)c1c[nH]c2ccccc12)c1ccccc1. The lowest BCUT2D eigenvalue weighted by Gasteiger charge is -2.18. The number of aromatic amines is 1. The summed E-state index contributed by atoms with van der Waals surface area (Å²) in [7, 11) is 0. The molecular formula is C24H19NO3. The first-order chi connectivity index (χ1) is 13.6. The van der Waals surface area contributed by atoms with Crippen LogP contribution in [0.15, 0.2) is 85.1 Å². The second-order valence-electron chi connectivity index (χ2n) is 6.62. The molecule has 0 radical (unpaired) electrons. The van der Waals surface area contributed by atoms with Gasteiger partial charge < -0.3 is 9.72 Å². The fourth-order valence-electron chi connectivity index (χ4n) is 3.29. The zero-order chi connectivity index (χ0) is 19.5. The molecule has 0 bridgehead atoms. The van der Waals surface area contributed by atoms with E-state index in [1.54, 1.807) is 30.5 Å². The molecule has 0 amide bonds. The third-order valence-corrected chi connectivity index (χ3v) is 4.79. The quantitative estimate of drug-likeness (QED) is 0.386. The highest BCUT2D eigenvalue weighted by molar-refractivity contribution is 6.11. The summed E-state index contributed by atoms with van der Waals surface area (Å²) in [6.07, 6.45) is 0.650. The van der Waals surface area contributed by atoms with Gasteiger partial charge in [0.2, 0.25) is 5.78 Å². The minimum atomic E-state index is -1.02. The van der Waals surface area contributed by atoms with Gasteiger partial charge in [0.05, 0.1) is 5.56 Å². The number of para-hydroxylation sites is 1. The Labute approximate surface area is 162 Å². The lowest BCUT2D eigenvalue weighted by molar-refractivity contribution is 0.0280. The van der Waals surface area contributed by atoms with E-state index in [4.69, 9.17) is 4.74 Å². The number of hydrogen-bond donors (Lipinski definition) is 1. The van der Waals surface area contributed by atoms with Crippen molar-refractivity contribution >= 4 is 22.7 Å². The molecule has 1 aromatic heterocycles. The van der Waals surface area contributed by atoms with Gasteiger partial charge in [-0.25, -0.2) is 4.79 Å². The van der Waals surface area contributed by atoms with E-state index in [2.05, 4.69) is 4.98 Å². The van der Waals surface area contributed by atoms with Gasteiger partial charge in [-0.1, -0.05) is 66.7 Å². The minimum Gasteiger partial charge on any atom is -0.445 e. The number of H-pyrrole nitrogens is 1. The zero-order valence-electron chi connectivity index (χ0n) is 15.4. The van der Waals surface area contributed by atoms with Crippen LogP contribution in [0.3, 0.4) is 0 Å². The molecule has 1 heterocycles. The highest BCUT2D eigenvalue weighted by Gasteiger charge is 2.28. The van der Waals surface area contributed by atoms with Crippen molar-refractivity contribution in [1.82, 2.24) is 4.98 Å². The number of ether oxygens (including phenoxy) is 1. The summed E-state index contributed by atoms with van der Waals surface area (Å²) < 4.78 is 5.74. The number of rotatable bonds is 5. The first kappa shape index (κ1) is 17.7. The molecule has 0 saturated carbocycles. The average Bonchev–Trinajstić information content (AvgIpc) is 3.16. The molecule has 28 heavy (non-hydrogen) atoms. The van der Waals surface area contributed by atoms with E-state index in [0.29, 0.717) is 16.7 Å². The monoisotopic (exact) mass is 369 g/mol. The number of fused-ring (bicyclic) bond motifs is 1. The van der Waals surface area contributed by atoms with Gasteiger partial charge in [-0.15, -0.1) is 0 Å². The van der Waals surface area contributed by atoms with Crippen LogP contribution in [0.25, 0.3) is 10.9 Å². The number of carbonyl (C=O) groups excluding carboxylic acids is 2. The van der Waals surface area contributed by atoms with Gasteiger partial charge in [0.15, 0.2) is 6.10 Å². The fraction of sp³-hybridized carbons (Fsp3) is 0.0833. The Morgan fingerprint density at radius 2 is 1.50 bits per heavy atom. The molecule has 3 aromatic carbocycles. The molecule has 138 valence electrons. The second-order valence-corrected chi connectivity index (χ2v) is 6.62. The van der Waals surface area contributed by atoms with E-state index in [1.807, 2.05) is 61.5 Å². The summed E-state index contributed by atoms with van der Waals surface area (Å²) in [6, 6.07) is 23.9. The number of hydrogen-bond acceptors (Lipinski definition) is 3. The van der Waals surface area contributed by atoms with Crippen molar-refractivity contribution in [3.05, 3.63) is 107 Å². The maximum Gasteiger partial charge on any atom is 0.339 e. The Bertz CT molecular complexity index is 1140. The summed E-state index contributed by atoms with van der Waals surface area (Å²) in [5.41, 5.74) is 3.26. The Kier molecular flexibility index (Phi) is 4.77. The highest BCUT2D eigenvalue weighted by Crippen LogP contribution is 2.28. The van der Waals surface area contributed by atoms with E-state index in [9.17, 15) is 9.59 Å². The molecule has 4 aromatic rings. The number of nitrogens with one attached hydrogen (secondary N) is 1. The van der Waals surface area contributed by atoms with Gasteiger partial charge in [0.25, 0.3) is 0 Å². The summed E-state index contributed by atoms with van der Waals surface area (Å²) in [4.78, 5) is 29.3. The molecule has 0 aliphatic rings. The first-order valence-electron chi connectivity index (χ1n) is 9.07. The molecular weight excluding hydrogens is 350 g/mol. The van der Waals surface area contributed by atoms with E-state index in [0.717, 1.165) is 16.5 Å². The first-order valence-corrected chi connectivity index (χ1v) is 9.07. The van der Waals surface area contributed by atoms with Crippen LogP contribution >= 0.6 is 0 Å². The van der Waals surface area contributed by atoms with Crippen molar-refractivity contribution in [2.24, 2.45) is 0 Å². The summed E-state index contributed by atoms with van der Waals surface area (Å²) in [5, 5.41) is 0.806. The number of Topliss-reactive ketones (excluding diaryl/α,β-unsaturated/α-hetero) is 1.